The van der Waals surface area contributed by atoms with Crippen molar-refractivity contribution in [2.45, 2.75) is 117 Å². The molecule has 0 aliphatic carbocycles. The number of carboxylic acid groups (broad SMARTS) is 1. The van der Waals surface area contributed by atoms with Crippen molar-refractivity contribution >= 4 is 24.2 Å². The number of carbonyl (C=O) groups is 4. The second-order valence-electron chi connectivity index (χ2n) is 10.4. The van der Waals surface area contributed by atoms with Gasteiger partial charge in [-0.2, -0.15) is 0 Å². The Morgan fingerprint density at radius 1 is 0.829 bits per heavy atom. The van der Waals surface area contributed by atoms with Crippen molar-refractivity contribution in [3.8, 4) is 11.5 Å². The fourth-order valence-corrected chi connectivity index (χ4v) is 4.35. The molecule has 4 unspecified atom stereocenters. The lowest BCUT2D eigenvalue weighted by Gasteiger charge is -2.28. The van der Waals surface area contributed by atoms with Crippen molar-refractivity contribution in [2.75, 3.05) is 6.61 Å². The van der Waals surface area contributed by atoms with Crippen molar-refractivity contribution in [1.29, 1.82) is 0 Å². The summed E-state index contributed by atoms with van der Waals surface area (Å²) in [7, 11) is 0. The Kier molecular flexibility index (Phi) is 16.5. The van der Waals surface area contributed by atoms with Crippen LogP contribution in [0.3, 0.4) is 0 Å². The van der Waals surface area contributed by atoms with E-state index in [2.05, 4.69) is 0 Å². The monoisotopic (exact) mass is 581 g/mol. The number of aliphatic carboxylic acids is 1. The van der Waals surface area contributed by atoms with Gasteiger partial charge in [-0.3, -0.25) is 9.59 Å². The van der Waals surface area contributed by atoms with Crippen LogP contribution in [0.4, 0.5) is 9.59 Å². The summed E-state index contributed by atoms with van der Waals surface area (Å²) in [6, 6.07) is 2.88. The first kappa shape index (κ1) is 35.7. The minimum atomic E-state index is -1.38. The van der Waals surface area contributed by atoms with Gasteiger partial charge in [0.15, 0.2) is 11.5 Å². The van der Waals surface area contributed by atoms with Crippen LogP contribution in [0.2, 0.25) is 0 Å². The Balaban J connectivity index is 3.30. The first-order chi connectivity index (χ1) is 19.4. The van der Waals surface area contributed by atoms with E-state index < -0.39 is 42.3 Å². The second-order valence-corrected chi connectivity index (χ2v) is 10.4. The standard InChI is InChI=1S/C30H47NO10/c1-7-10-11-14-25(32)37-18-19(4)26(27(31)28(33)34)22-15-16-23(40-29(35)38-20(5)12-8-2)24(17-22)41-30(36)39-21(6)13-9-3/h15-17,19-21,26-27H,7-14,18,31H2,1-6H3,(H,33,34)/t19?,20?,21?,26?,27-/m0/s1. The lowest BCUT2D eigenvalue weighted by Crippen LogP contribution is -2.40. The van der Waals surface area contributed by atoms with Gasteiger partial charge in [-0.1, -0.05) is 59.4 Å². The molecule has 0 amide bonds. The van der Waals surface area contributed by atoms with Crippen molar-refractivity contribution in [3.05, 3.63) is 23.8 Å². The number of carboxylic acids is 1. The molecule has 0 bridgehead atoms. The van der Waals surface area contributed by atoms with Gasteiger partial charge in [-0.05, 0) is 56.7 Å². The molecule has 41 heavy (non-hydrogen) atoms. The topological polar surface area (TPSA) is 161 Å². The molecule has 0 saturated heterocycles. The Bertz CT molecular complexity index is 982. The lowest BCUT2D eigenvalue weighted by atomic mass is 9.82. The Morgan fingerprint density at radius 3 is 1.90 bits per heavy atom. The first-order valence-electron chi connectivity index (χ1n) is 14.5. The van der Waals surface area contributed by atoms with Gasteiger partial charge in [0.05, 0.1) is 6.61 Å². The minimum absolute atomic E-state index is 0.0662. The third-order valence-corrected chi connectivity index (χ3v) is 6.50. The summed E-state index contributed by atoms with van der Waals surface area (Å²) in [5, 5.41) is 9.72. The Morgan fingerprint density at radius 2 is 1.39 bits per heavy atom. The van der Waals surface area contributed by atoms with Gasteiger partial charge in [-0.25, -0.2) is 9.59 Å². The summed E-state index contributed by atoms with van der Waals surface area (Å²) in [6.45, 7) is 11.0. The number of unbranched alkanes of at least 4 members (excludes halogenated alkanes) is 2. The number of benzene rings is 1. The molecule has 11 nitrogen and oxygen atoms in total. The maximum absolute atomic E-state index is 12.5. The highest BCUT2D eigenvalue weighted by Gasteiger charge is 2.33. The molecule has 0 saturated carbocycles. The van der Waals surface area contributed by atoms with Crippen molar-refractivity contribution in [3.63, 3.8) is 0 Å². The van der Waals surface area contributed by atoms with Crippen LogP contribution >= 0.6 is 0 Å². The van der Waals surface area contributed by atoms with Crippen LogP contribution in [0, 0.1) is 5.92 Å². The molecule has 0 spiro atoms. The predicted octanol–water partition coefficient (Wildman–Crippen LogP) is 6.35. The van der Waals surface area contributed by atoms with E-state index in [0.29, 0.717) is 24.8 Å². The molecule has 5 atom stereocenters. The predicted molar refractivity (Wildman–Crippen MR) is 152 cm³/mol. The van der Waals surface area contributed by atoms with Crippen LogP contribution in [-0.4, -0.2) is 54.2 Å². The van der Waals surface area contributed by atoms with E-state index in [1.165, 1.54) is 18.2 Å². The molecule has 0 aromatic heterocycles. The molecule has 1 aromatic rings. The van der Waals surface area contributed by atoms with Gasteiger partial charge < -0.3 is 34.5 Å². The number of hydrogen-bond acceptors (Lipinski definition) is 10. The second kappa shape index (κ2) is 18.9. The largest absolute Gasteiger partial charge is 0.514 e. The van der Waals surface area contributed by atoms with Crippen LogP contribution in [0.5, 0.6) is 11.5 Å². The van der Waals surface area contributed by atoms with Crippen molar-refractivity contribution in [1.82, 2.24) is 0 Å². The number of ether oxygens (including phenoxy) is 5. The molecule has 1 aromatic carbocycles. The average molecular weight is 582 g/mol. The van der Waals surface area contributed by atoms with Crippen molar-refractivity contribution < 1.29 is 48.0 Å². The molecule has 232 valence electrons. The maximum atomic E-state index is 12.5. The molecule has 0 heterocycles. The summed E-state index contributed by atoms with van der Waals surface area (Å²) in [4.78, 5) is 49.0. The third-order valence-electron chi connectivity index (χ3n) is 6.50. The van der Waals surface area contributed by atoms with Crippen molar-refractivity contribution in [2.24, 2.45) is 11.7 Å². The minimum Gasteiger partial charge on any atom is -0.480 e. The van der Waals surface area contributed by atoms with Crippen LogP contribution in [0.15, 0.2) is 18.2 Å². The van der Waals surface area contributed by atoms with Gasteiger partial charge in [0.2, 0.25) is 0 Å². The van der Waals surface area contributed by atoms with Gasteiger partial charge in [0, 0.05) is 12.3 Å². The fraction of sp³-hybridized carbons (Fsp3) is 0.667. The number of carbonyl (C=O) groups excluding carboxylic acids is 3. The van der Waals surface area contributed by atoms with E-state index in [-0.39, 0.29) is 36.6 Å². The Hall–Kier alpha value is -3.34. The van der Waals surface area contributed by atoms with Gasteiger partial charge in [-0.15, -0.1) is 0 Å². The molecule has 0 aliphatic heterocycles. The van der Waals surface area contributed by atoms with Crippen LogP contribution in [0.1, 0.15) is 104 Å². The quantitative estimate of drug-likeness (QED) is 0.0860. The smallest absolute Gasteiger partial charge is 0.480 e. The SMILES string of the molecule is CCCCCC(=O)OCC(C)C(c1ccc(OC(=O)OC(C)CCC)c(OC(=O)OC(C)CCC)c1)[C@H](N)C(=O)O. The summed E-state index contributed by atoms with van der Waals surface area (Å²) in [5.41, 5.74) is 6.45. The van der Waals surface area contributed by atoms with Gasteiger partial charge in [0.25, 0.3) is 0 Å². The molecule has 1 rings (SSSR count). The van der Waals surface area contributed by atoms with E-state index in [4.69, 9.17) is 29.4 Å². The summed E-state index contributed by atoms with van der Waals surface area (Å²) in [6.07, 6.45) is 2.86. The zero-order valence-corrected chi connectivity index (χ0v) is 25.2. The van der Waals surface area contributed by atoms with E-state index in [0.717, 1.165) is 25.7 Å². The number of esters is 1. The highest BCUT2D eigenvalue weighted by atomic mass is 16.7. The molecular formula is C30H47NO10. The normalized spacial score (nSPS) is 14.6. The van der Waals surface area contributed by atoms with E-state index in [1.54, 1.807) is 20.8 Å². The van der Waals surface area contributed by atoms with E-state index in [1.807, 2.05) is 20.8 Å². The van der Waals surface area contributed by atoms with Gasteiger partial charge >= 0.3 is 24.2 Å². The average Bonchev–Trinajstić information content (AvgIpc) is 2.89. The fourth-order valence-electron chi connectivity index (χ4n) is 4.35. The summed E-state index contributed by atoms with van der Waals surface area (Å²) < 4.78 is 26.7. The van der Waals surface area contributed by atoms with Crippen LogP contribution < -0.4 is 15.2 Å². The number of rotatable bonds is 18. The molecule has 0 radical (unpaired) electrons. The zero-order valence-electron chi connectivity index (χ0n) is 25.2. The number of hydrogen-bond donors (Lipinski definition) is 2. The van der Waals surface area contributed by atoms with Crippen LogP contribution in [0.25, 0.3) is 0 Å². The zero-order chi connectivity index (χ0) is 30.9. The third kappa shape index (κ3) is 13.2. The van der Waals surface area contributed by atoms with E-state index in [9.17, 15) is 24.3 Å². The maximum Gasteiger partial charge on any atom is 0.514 e. The van der Waals surface area contributed by atoms with E-state index >= 15 is 0 Å². The first-order valence-corrected chi connectivity index (χ1v) is 14.5. The molecule has 0 aliphatic rings. The molecular weight excluding hydrogens is 534 g/mol. The van der Waals surface area contributed by atoms with Gasteiger partial charge in [0.1, 0.15) is 18.2 Å². The lowest BCUT2D eigenvalue weighted by molar-refractivity contribution is -0.145. The highest BCUT2D eigenvalue weighted by molar-refractivity contribution is 5.75. The Labute approximate surface area is 243 Å². The molecule has 3 N–H and O–H groups in total. The van der Waals surface area contributed by atoms with Crippen LogP contribution in [-0.2, 0) is 23.8 Å². The summed E-state index contributed by atoms with van der Waals surface area (Å²) in [5.74, 6) is -3.31. The number of nitrogens with two attached hydrogens (primary N) is 1. The summed E-state index contributed by atoms with van der Waals surface area (Å²) >= 11 is 0. The molecule has 0 fully saturated rings. The molecule has 11 heteroatoms. The highest BCUT2D eigenvalue weighted by Crippen LogP contribution is 2.36.